The van der Waals surface area contributed by atoms with Crippen LogP contribution in [-0.2, 0) is 9.59 Å². The minimum atomic E-state index is -0.853. The van der Waals surface area contributed by atoms with Crippen molar-refractivity contribution < 1.29 is 14.7 Å². The Hall–Kier alpha value is -1.06. The van der Waals surface area contributed by atoms with Crippen LogP contribution in [0.2, 0.25) is 0 Å². The van der Waals surface area contributed by atoms with E-state index < -0.39 is 11.4 Å². The van der Waals surface area contributed by atoms with Gasteiger partial charge in [0.15, 0.2) is 0 Å². The van der Waals surface area contributed by atoms with E-state index in [0.29, 0.717) is 0 Å². The molecule has 1 aliphatic rings. The maximum Gasteiger partial charge on any atom is 0.303 e. The first kappa shape index (κ1) is 14.0. The Morgan fingerprint density at radius 1 is 1.35 bits per heavy atom. The smallest absolute Gasteiger partial charge is 0.303 e. The van der Waals surface area contributed by atoms with E-state index in [1.54, 1.807) is 0 Å². The summed E-state index contributed by atoms with van der Waals surface area (Å²) < 4.78 is 0. The zero-order chi connectivity index (χ0) is 13.1. The molecule has 0 bridgehead atoms. The van der Waals surface area contributed by atoms with Crippen LogP contribution in [0.3, 0.4) is 0 Å². The fourth-order valence-electron chi connectivity index (χ4n) is 2.14. The van der Waals surface area contributed by atoms with Crippen LogP contribution in [0.4, 0.5) is 0 Å². The lowest BCUT2D eigenvalue weighted by Gasteiger charge is -2.23. The fourth-order valence-corrected chi connectivity index (χ4v) is 2.14. The van der Waals surface area contributed by atoms with Crippen LogP contribution in [0, 0.1) is 11.3 Å². The van der Waals surface area contributed by atoms with Gasteiger partial charge in [0.2, 0.25) is 5.91 Å². The number of carboxylic acid groups (broad SMARTS) is 1. The monoisotopic (exact) mass is 241 g/mol. The summed E-state index contributed by atoms with van der Waals surface area (Å²) in [5.41, 5.74) is -0.477. The maximum atomic E-state index is 11.7. The van der Waals surface area contributed by atoms with Crippen molar-refractivity contribution in [1.82, 2.24) is 5.32 Å². The van der Waals surface area contributed by atoms with Gasteiger partial charge in [-0.25, -0.2) is 0 Å². The number of carbonyl (C=O) groups is 2. The van der Waals surface area contributed by atoms with Gasteiger partial charge >= 0.3 is 5.97 Å². The van der Waals surface area contributed by atoms with Crippen molar-refractivity contribution in [3.05, 3.63) is 0 Å². The first-order valence-corrected chi connectivity index (χ1v) is 6.30. The number of carbonyl (C=O) groups excluding carboxylic acids is 1. The molecule has 98 valence electrons. The van der Waals surface area contributed by atoms with E-state index in [2.05, 4.69) is 5.32 Å². The number of hydrogen-bond donors (Lipinski definition) is 2. The number of nitrogens with one attached hydrogen (secondary N) is 1. The average Bonchev–Trinajstić information content (AvgIpc) is 2.82. The minimum Gasteiger partial charge on any atom is -0.481 e. The molecule has 4 nitrogen and oxygen atoms in total. The van der Waals surface area contributed by atoms with Crippen molar-refractivity contribution in [2.45, 2.75) is 58.9 Å². The van der Waals surface area contributed by atoms with Gasteiger partial charge in [-0.15, -0.1) is 0 Å². The summed E-state index contributed by atoms with van der Waals surface area (Å²) in [6, 6.07) is 0.204. The quantitative estimate of drug-likeness (QED) is 0.718. The minimum absolute atomic E-state index is 0.0252. The Morgan fingerprint density at radius 2 is 1.94 bits per heavy atom. The van der Waals surface area contributed by atoms with Crippen LogP contribution in [-0.4, -0.2) is 23.0 Å². The van der Waals surface area contributed by atoms with Gasteiger partial charge in [-0.3, -0.25) is 9.59 Å². The largest absolute Gasteiger partial charge is 0.481 e. The molecule has 1 amide bonds. The molecule has 0 heterocycles. The van der Waals surface area contributed by atoms with Crippen molar-refractivity contribution >= 4 is 11.9 Å². The van der Waals surface area contributed by atoms with Crippen LogP contribution >= 0.6 is 0 Å². The second-order valence-electron chi connectivity index (χ2n) is 6.06. The van der Waals surface area contributed by atoms with E-state index in [4.69, 9.17) is 5.11 Å². The van der Waals surface area contributed by atoms with Crippen LogP contribution in [0.5, 0.6) is 0 Å². The molecule has 1 unspecified atom stereocenters. The van der Waals surface area contributed by atoms with E-state index in [9.17, 15) is 9.59 Å². The van der Waals surface area contributed by atoms with Crippen molar-refractivity contribution in [2.75, 3.05) is 0 Å². The summed E-state index contributed by atoms with van der Waals surface area (Å²) in [6.07, 6.45) is 3.91. The highest BCUT2D eigenvalue weighted by molar-refractivity contribution is 5.78. The summed E-state index contributed by atoms with van der Waals surface area (Å²) in [7, 11) is 0. The molecule has 0 aromatic rings. The summed E-state index contributed by atoms with van der Waals surface area (Å²) in [5.74, 6) is -0.101. The van der Waals surface area contributed by atoms with Crippen LogP contribution < -0.4 is 5.32 Å². The van der Waals surface area contributed by atoms with Gasteiger partial charge in [-0.1, -0.05) is 26.7 Å². The second kappa shape index (κ2) is 5.52. The molecule has 17 heavy (non-hydrogen) atoms. The highest BCUT2D eigenvalue weighted by Gasteiger charge is 2.27. The van der Waals surface area contributed by atoms with E-state index in [-0.39, 0.29) is 24.8 Å². The Labute approximate surface area is 103 Å². The van der Waals surface area contributed by atoms with Crippen molar-refractivity contribution in [3.63, 3.8) is 0 Å². The predicted octanol–water partition coefficient (Wildman–Crippen LogP) is 2.18. The zero-order valence-electron chi connectivity index (χ0n) is 11.0. The molecule has 0 spiro atoms. The van der Waals surface area contributed by atoms with Crippen molar-refractivity contribution in [3.8, 4) is 0 Å². The normalized spacial score (nSPS) is 17.6. The lowest BCUT2D eigenvalue weighted by Crippen LogP contribution is -2.36. The average molecular weight is 241 g/mol. The molecule has 1 saturated carbocycles. The fraction of sp³-hybridized carbons (Fsp3) is 0.846. The summed E-state index contributed by atoms with van der Waals surface area (Å²) in [5, 5.41) is 11.7. The molecule has 1 rings (SSSR count). The Kier molecular flexibility index (Phi) is 4.54. The molecular weight excluding hydrogens is 218 g/mol. The Balaban J connectivity index is 2.28. The lowest BCUT2D eigenvalue weighted by molar-refractivity contribution is -0.139. The molecule has 0 aromatic heterocycles. The van der Waals surface area contributed by atoms with Gasteiger partial charge in [0.05, 0.1) is 6.42 Å². The molecule has 0 aliphatic heterocycles. The topological polar surface area (TPSA) is 66.4 Å². The lowest BCUT2D eigenvalue weighted by atomic mass is 9.85. The highest BCUT2D eigenvalue weighted by atomic mass is 16.4. The molecule has 0 radical (unpaired) electrons. The van der Waals surface area contributed by atoms with Gasteiger partial charge in [0.1, 0.15) is 0 Å². The summed E-state index contributed by atoms with van der Waals surface area (Å²) in [4.78, 5) is 22.4. The third kappa shape index (κ3) is 6.29. The third-order valence-corrected chi connectivity index (χ3v) is 3.06. The van der Waals surface area contributed by atoms with E-state index in [0.717, 1.165) is 12.3 Å². The molecule has 0 saturated heterocycles. The van der Waals surface area contributed by atoms with E-state index in [1.165, 1.54) is 12.8 Å². The standard InChI is InChI=1S/C13H23NO3/c1-9(6-10-4-5-10)14-11(15)7-13(2,3)8-12(16)17/h9-10H,4-8H2,1-3H3,(H,14,15)(H,16,17). The number of carboxylic acids is 1. The predicted molar refractivity (Wildman–Crippen MR) is 65.6 cm³/mol. The first-order valence-electron chi connectivity index (χ1n) is 6.30. The molecule has 2 N–H and O–H groups in total. The third-order valence-electron chi connectivity index (χ3n) is 3.06. The van der Waals surface area contributed by atoms with E-state index >= 15 is 0 Å². The second-order valence-corrected chi connectivity index (χ2v) is 6.06. The van der Waals surface area contributed by atoms with Gasteiger partial charge in [-0.2, -0.15) is 0 Å². The number of aliphatic carboxylic acids is 1. The van der Waals surface area contributed by atoms with Crippen LogP contribution in [0.25, 0.3) is 0 Å². The number of hydrogen-bond acceptors (Lipinski definition) is 2. The molecule has 1 aliphatic carbocycles. The van der Waals surface area contributed by atoms with Gasteiger partial charge in [0.25, 0.3) is 0 Å². The number of amides is 1. The molecule has 1 atom stereocenters. The first-order chi connectivity index (χ1) is 7.78. The molecule has 0 aromatic carbocycles. The van der Waals surface area contributed by atoms with Gasteiger partial charge < -0.3 is 10.4 Å². The van der Waals surface area contributed by atoms with Gasteiger partial charge in [0, 0.05) is 12.5 Å². The summed E-state index contributed by atoms with van der Waals surface area (Å²) in [6.45, 7) is 5.64. The van der Waals surface area contributed by atoms with Crippen molar-refractivity contribution in [1.29, 1.82) is 0 Å². The van der Waals surface area contributed by atoms with Crippen LogP contribution in [0.1, 0.15) is 52.9 Å². The highest BCUT2D eigenvalue weighted by Crippen LogP contribution is 2.33. The maximum absolute atomic E-state index is 11.7. The Morgan fingerprint density at radius 3 is 2.41 bits per heavy atom. The molecule has 4 heteroatoms. The van der Waals surface area contributed by atoms with Crippen LogP contribution in [0.15, 0.2) is 0 Å². The van der Waals surface area contributed by atoms with E-state index in [1.807, 2.05) is 20.8 Å². The van der Waals surface area contributed by atoms with Gasteiger partial charge in [-0.05, 0) is 24.7 Å². The molecular formula is C13H23NO3. The van der Waals surface area contributed by atoms with Crippen molar-refractivity contribution in [2.24, 2.45) is 11.3 Å². The molecule has 1 fully saturated rings. The summed E-state index contributed by atoms with van der Waals surface area (Å²) >= 11 is 0. The zero-order valence-corrected chi connectivity index (χ0v) is 11.0. The number of rotatable bonds is 7. The Bertz CT molecular complexity index is 295. The SMILES string of the molecule is CC(CC1CC1)NC(=O)CC(C)(C)CC(=O)O.